The number of benzene rings is 2. The van der Waals surface area contributed by atoms with Gasteiger partial charge in [0, 0.05) is 12.1 Å². The summed E-state index contributed by atoms with van der Waals surface area (Å²) >= 11 is 0. The van der Waals surface area contributed by atoms with E-state index in [4.69, 9.17) is 0 Å². The monoisotopic (exact) mass is 263 g/mol. The first-order valence-corrected chi connectivity index (χ1v) is 7.83. The van der Waals surface area contributed by atoms with Gasteiger partial charge in [-0.05, 0) is 54.4 Å². The number of hydrogen-bond acceptors (Lipinski definition) is 1. The summed E-state index contributed by atoms with van der Waals surface area (Å²) < 4.78 is 0. The molecule has 0 aromatic heterocycles. The molecule has 2 aliphatic carbocycles. The van der Waals surface area contributed by atoms with Crippen LogP contribution in [0.5, 0.6) is 0 Å². The summed E-state index contributed by atoms with van der Waals surface area (Å²) in [6.45, 7) is 0. The number of rotatable bonds is 2. The Bertz CT molecular complexity index is 617. The van der Waals surface area contributed by atoms with Gasteiger partial charge in [0.15, 0.2) is 0 Å². The lowest BCUT2D eigenvalue weighted by Gasteiger charge is -2.29. The molecular formula is C19H21N. The van der Waals surface area contributed by atoms with Gasteiger partial charge in [-0.25, -0.2) is 0 Å². The van der Waals surface area contributed by atoms with E-state index in [1.807, 2.05) is 0 Å². The van der Waals surface area contributed by atoms with Gasteiger partial charge in [0.1, 0.15) is 0 Å². The second-order valence-corrected chi connectivity index (χ2v) is 6.10. The number of fused-ring (bicyclic) bond motifs is 2. The largest absolute Gasteiger partial charge is 0.303 e. The van der Waals surface area contributed by atoms with Crippen LogP contribution in [0.25, 0.3) is 0 Å². The summed E-state index contributed by atoms with van der Waals surface area (Å²) in [5, 5.41) is 3.93. The van der Waals surface area contributed by atoms with Crippen LogP contribution >= 0.6 is 0 Å². The van der Waals surface area contributed by atoms with Crippen LogP contribution in [0.2, 0.25) is 0 Å². The lowest BCUT2D eigenvalue weighted by Crippen LogP contribution is -2.28. The normalized spacial score (nSPS) is 24.2. The molecule has 4 rings (SSSR count). The molecule has 2 atom stereocenters. The Kier molecular flexibility index (Phi) is 3.08. The molecule has 0 saturated heterocycles. The standard InChI is InChI=1S/C19H21N/c1-3-9-16-14(6-1)8-5-11-18(16)20-19-13-12-15-7-2-4-10-17(15)19/h1-4,6-7,9-10,18-20H,5,8,11-13H2/t18-,19-/m0/s1. The molecular weight excluding hydrogens is 242 g/mol. The molecule has 0 spiro atoms. The zero-order valence-electron chi connectivity index (χ0n) is 11.8. The molecule has 0 fully saturated rings. The van der Waals surface area contributed by atoms with Gasteiger partial charge in [0.05, 0.1) is 0 Å². The highest BCUT2D eigenvalue weighted by atomic mass is 15.0. The number of nitrogens with one attached hydrogen (secondary N) is 1. The van der Waals surface area contributed by atoms with Crippen molar-refractivity contribution in [2.24, 2.45) is 0 Å². The molecule has 0 unspecified atom stereocenters. The fourth-order valence-corrected chi connectivity index (χ4v) is 3.90. The average Bonchev–Trinajstić information content (AvgIpc) is 2.91. The Balaban J connectivity index is 1.59. The third kappa shape index (κ3) is 2.06. The zero-order valence-corrected chi connectivity index (χ0v) is 11.8. The number of hydrogen-bond donors (Lipinski definition) is 1. The Labute approximate surface area is 121 Å². The summed E-state index contributed by atoms with van der Waals surface area (Å²) in [5.41, 5.74) is 6.13. The van der Waals surface area contributed by atoms with E-state index in [9.17, 15) is 0 Å². The van der Waals surface area contributed by atoms with Gasteiger partial charge in [0.25, 0.3) is 0 Å². The fraction of sp³-hybridized carbons (Fsp3) is 0.368. The smallest absolute Gasteiger partial charge is 0.0331 e. The minimum absolute atomic E-state index is 0.538. The molecule has 2 aromatic carbocycles. The van der Waals surface area contributed by atoms with E-state index in [0.717, 1.165) is 0 Å². The molecule has 1 nitrogen and oxygen atoms in total. The van der Waals surface area contributed by atoms with E-state index >= 15 is 0 Å². The van der Waals surface area contributed by atoms with Crippen molar-refractivity contribution < 1.29 is 0 Å². The Morgan fingerprint density at radius 1 is 0.700 bits per heavy atom. The van der Waals surface area contributed by atoms with Crippen LogP contribution in [0.3, 0.4) is 0 Å². The van der Waals surface area contributed by atoms with Crippen molar-refractivity contribution in [1.29, 1.82) is 0 Å². The Morgan fingerprint density at radius 3 is 2.05 bits per heavy atom. The minimum atomic E-state index is 0.538. The topological polar surface area (TPSA) is 12.0 Å². The maximum absolute atomic E-state index is 3.93. The maximum atomic E-state index is 3.93. The minimum Gasteiger partial charge on any atom is -0.303 e. The van der Waals surface area contributed by atoms with Crippen molar-refractivity contribution in [2.75, 3.05) is 0 Å². The molecule has 0 heterocycles. The second-order valence-electron chi connectivity index (χ2n) is 6.10. The number of aryl methyl sites for hydroxylation is 2. The van der Waals surface area contributed by atoms with Crippen LogP contribution in [0.4, 0.5) is 0 Å². The van der Waals surface area contributed by atoms with Crippen LogP contribution in [-0.4, -0.2) is 0 Å². The average molecular weight is 263 g/mol. The highest BCUT2D eigenvalue weighted by Crippen LogP contribution is 2.36. The van der Waals surface area contributed by atoms with Gasteiger partial charge in [-0.2, -0.15) is 0 Å². The van der Waals surface area contributed by atoms with Crippen LogP contribution in [0, 0.1) is 0 Å². The van der Waals surface area contributed by atoms with Gasteiger partial charge < -0.3 is 5.32 Å². The highest BCUT2D eigenvalue weighted by Gasteiger charge is 2.27. The third-order valence-electron chi connectivity index (χ3n) is 4.90. The maximum Gasteiger partial charge on any atom is 0.0331 e. The molecule has 2 aromatic rings. The van der Waals surface area contributed by atoms with Crippen molar-refractivity contribution >= 4 is 0 Å². The quantitative estimate of drug-likeness (QED) is 0.850. The van der Waals surface area contributed by atoms with Crippen LogP contribution in [0.1, 0.15) is 53.6 Å². The van der Waals surface area contributed by atoms with Gasteiger partial charge >= 0.3 is 0 Å². The summed E-state index contributed by atoms with van der Waals surface area (Å²) in [5.74, 6) is 0. The molecule has 0 bridgehead atoms. The lowest BCUT2D eigenvalue weighted by molar-refractivity contribution is 0.398. The van der Waals surface area contributed by atoms with E-state index in [1.165, 1.54) is 48.8 Å². The third-order valence-corrected chi connectivity index (χ3v) is 4.90. The molecule has 0 saturated carbocycles. The predicted octanol–water partition coefficient (Wildman–Crippen LogP) is 4.34. The Hall–Kier alpha value is -1.60. The highest BCUT2D eigenvalue weighted by molar-refractivity contribution is 5.36. The van der Waals surface area contributed by atoms with Crippen molar-refractivity contribution in [3.05, 3.63) is 70.8 Å². The first-order chi connectivity index (χ1) is 9.92. The fourth-order valence-electron chi connectivity index (χ4n) is 3.90. The summed E-state index contributed by atoms with van der Waals surface area (Å²) in [4.78, 5) is 0. The molecule has 0 aliphatic heterocycles. The molecule has 0 radical (unpaired) electrons. The van der Waals surface area contributed by atoms with Gasteiger partial charge in [0.2, 0.25) is 0 Å². The predicted molar refractivity (Wildman–Crippen MR) is 82.8 cm³/mol. The first-order valence-electron chi connectivity index (χ1n) is 7.83. The molecule has 1 heteroatoms. The van der Waals surface area contributed by atoms with Crippen LogP contribution in [0.15, 0.2) is 48.5 Å². The van der Waals surface area contributed by atoms with E-state index in [2.05, 4.69) is 53.8 Å². The summed E-state index contributed by atoms with van der Waals surface area (Å²) in [6, 6.07) is 19.0. The molecule has 102 valence electrons. The van der Waals surface area contributed by atoms with Crippen molar-refractivity contribution in [2.45, 2.75) is 44.2 Å². The van der Waals surface area contributed by atoms with Crippen molar-refractivity contribution in [1.82, 2.24) is 5.32 Å². The summed E-state index contributed by atoms with van der Waals surface area (Å²) in [7, 11) is 0. The van der Waals surface area contributed by atoms with Gasteiger partial charge in [-0.15, -0.1) is 0 Å². The van der Waals surface area contributed by atoms with E-state index in [-0.39, 0.29) is 0 Å². The van der Waals surface area contributed by atoms with Gasteiger partial charge in [-0.1, -0.05) is 48.5 Å². The van der Waals surface area contributed by atoms with E-state index in [0.29, 0.717) is 12.1 Å². The Morgan fingerprint density at radius 2 is 1.30 bits per heavy atom. The van der Waals surface area contributed by atoms with Crippen molar-refractivity contribution in [3.8, 4) is 0 Å². The second kappa shape index (κ2) is 5.06. The molecule has 20 heavy (non-hydrogen) atoms. The van der Waals surface area contributed by atoms with Gasteiger partial charge in [-0.3, -0.25) is 0 Å². The van der Waals surface area contributed by atoms with Crippen LogP contribution in [-0.2, 0) is 12.8 Å². The van der Waals surface area contributed by atoms with E-state index < -0.39 is 0 Å². The SMILES string of the molecule is c1ccc2c(c1)CCC[C@@H]2N[C@H]1CCc2ccccc21. The molecule has 0 amide bonds. The first kappa shape index (κ1) is 12.2. The zero-order chi connectivity index (χ0) is 13.4. The summed E-state index contributed by atoms with van der Waals surface area (Å²) in [6.07, 6.45) is 6.30. The molecule has 2 aliphatic rings. The molecule has 1 N–H and O–H groups in total. The van der Waals surface area contributed by atoms with Crippen LogP contribution < -0.4 is 5.32 Å². The lowest BCUT2D eigenvalue weighted by atomic mass is 9.87. The van der Waals surface area contributed by atoms with E-state index in [1.54, 1.807) is 5.56 Å². The van der Waals surface area contributed by atoms with Crippen molar-refractivity contribution in [3.63, 3.8) is 0 Å².